The number of anilines is 1. The van der Waals surface area contributed by atoms with Gasteiger partial charge >= 0.3 is 0 Å². The van der Waals surface area contributed by atoms with Crippen molar-refractivity contribution in [3.05, 3.63) is 64.7 Å². The van der Waals surface area contributed by atoms with Crippen LogP contribution in [-0.2, 0) is 9.59 Å². The molecule has 0 aromatic heterocycles. The molecule has 0 N–H and O–H groups in total. The van der Waals surface area contributed by atoms with Crippen molar-refractivity contribution in [3.8, 4) is 0 Å². The van der Waals surface area contributed by atoms with Crippen LogP contribution < -0.4 is 4.90 Å². The highest BCUT2D eigenvalue weighted by molar-refractivity contribution is 6.30. The highest BCUT2D eigenvalue weighted by Gasteiger charge is 2.38. The summed E-state index contributed by atoms with van der Waals surface area (Å²) < 4.78 is 0. The topological polar surface area (TPSA) is 40.6 Å². The molecule has 152 valence electrons. The van der Waals surface area contributed by atoms with Crippen molar-refractivity contribution >= 4 is 29.1 Å². The predicted octanol–water partition coefficient (Wildman–Crippen LogP) is 4.80. The molecular formula is C24H27ClN2O2. The second-order valence-corrected chi connectivity index (χ2v) is 8.71. The van der Waals surface area contributed by atoms with Gasteiger partial charge in [-0.25, -0.2) is 0 Å². The van der Waals surface area contributed by atoms with E-state index >= 15 is 0 Å². The maximum atomic E-state index is 13.3. The van der Waals surface area contributed by atoms with Gasteiger partial charge in [0.05, 0.1) is 5.92 Å². The number of hydrogen-bond donors (Lipinski definition) is 0. The predicted molar refractivity (Wildman–Crippen MR) is 116 cm³/mol. The van der Waals surface area contributed by atoms with Crippen LogP contribution in [0.1, 0.15) is 42.7 Å². The molecule has 4 rings (SSSR count). The summed E-state index contributed by atoms with van der Waals surface area (Å²) in [5, 5.41) is 0.732. The quantitative estimate of drug-likeness (QED) is 0.729. The number of benzene rings is 2. The summed E-state index contributed by atoms with van der Waals surface area (Å²) in [6.07, 6.45) is 3.49. The summed E-state index contributed by atoms with van der Waals surface area (Å²) in [4.78, 5) is 29.6. The van der Waals surface area contributed by atoms with Crippen LogP contribution in [0.2, 0.25) is 5.02 Å². The summed E-state index contributed by atoms with van der Waals surface area (Å²) in [7, 11) is 0. The van der Waals surface area contributed by atoms with Crippen molar-refractivity contribution in [2.75, 3.05) is 24.5 Å². The van der Waals surface area contributed by atoms with Gasteiger partial charge in [-0.15, -0.1) is 0 Å². The van der Waals surface area contributed by atoms with E-state index in [1.807, 2.05) is 48.2 Å². The fraction of sp³-hybridized carbons (Fsp3) is 0.417. The molecule has 29 heavy (non-hydrogen) atoms. The van der Waals surface area contributed by atoms with E-state index in [1.54, 1.807) is 4.90 Å². The van der Waals surface area contributed by atoms with Crippen LogP contribution >= 0.6 is 11.6 Å². The van der Waals surface area contributed by atoms with E-state index in [9.17, 15) is 9.59 Å². The van der Waals surface area contributed by atoms with Gasteiger partial charge in [0.1, 0.15) is 0 Å². The highest BCUT2D eigenvalue weighted by atomic mass is 35.5. The van der Waals surface area contributed by atoms with Gasteiger partial charge in [-0.1, -0.05) is 47.9 Å². The Labute approximate surface area is 177 Å². The van der Waals surface area contributed by atoms with Crippen LogP contribution in [0, 0.1) is 12.8 Å². The van der Waals surface area contributed by atoms with Crippen LogP contribution in [0.25, 0.3) is 0 Å². The molecule has 2 aliphatic heterocycles. The monoisotopic (exact) mass is 410 g/mol. The SMILES string of the molecule is Cc1ccc(N2CC(C(=O)N3CCCCC(c4ccc(Cl)cc4)C3)CC2=O)cc1. The Morgan fingerprint density at radius 1 is 1.00 bits per heavy atom. The van der Waals surface area contributed by atoms with Crippen molar-refractivity contribution < 1.29 is 9.59 Å². The van der Waals surface area contributed by atoms with Gasteiger partial charge in [-0.2, -0.15) is 0 Å². The minimum atomic E-state index is -0.257. The Balaban J connectivity index is 1.46. The van der Waals surface area contributed by atoms with Crippen LogP contribution in [0.5, 0.6) is 0 Å². The van der Waals surface area contributed by atoms with Crippen LogP contribution in [0.3, 0.4) is 0 Å². The lowest BCUT2D eigenvalue weighted by atomic mass is 9.94. The molecular weight excluding hydrogens is 384 g/mol. The number of nitrogens with zero attached hydrogens (tertiary/aromatic N) is 2. The molecule has 2 aromatic rings. The summed E-state index contributed by atoms with van der Waals surface area (Å²) in [5.74, 6) is 0.224. The molecule has 2 aliphatic rings. The third kappa shape index (κ3) is 4.48. The van der Waals surface area contributed by atoms with E-state index in [0.717, 1.165) is 48.6 Å². The first-order valence-corrected chi connectivity index (χ1v) is 10.8. The first-order chi connectivity index (χ1) is 14.0. The van der Waals surface area contributed by atoms with Crippen molar-refractivity contribution in [2.45, 2.75) is 38.5 Å². The number of rotatable bonds is 3. The van der Waals surface area contributed by atoms with E-state index in [2.05, 4.69) is 12.1 Å². The molecule has 0 bridgehead atoms. The molecule has 4 nitrogen and oxygen atoms in total. The van der Waals surface area contributed by atoms with Crippen molar-refractivity contribution in [1.82, 2.24) is 4.90 Å². The summed E-state index contributed by atoms with van der Waals surface area (Å²) in [6.45, 7) is 4.00. The van der Waals surface area contributed by atoms with E-state index < -0.39 is 0 Å². The number of aryl methyl sites for hydroxylation is 1. The average molecular weight is 411 g/mol. The zero-order chi connectivity index (χ0) is 20.4. The van der Waals surface area contributed by atoms with Crippen LogP contribution in [-0.4, -0.2) is 36.3 Å². The molecule has 2 unspecified atom stereocenters. The largest absolute Gasteiger partial charge is 0.342 e. The third-order valence-electron chi connectivity index (χ3n) is 6.14. The maximum Gasteiger partial charge on any atom is 0.228 e. The molecule has 2 amide bonds. The number of hydrogen-bond acceptors (Lipinski definition) is 2. The van der Waals surface area contributed by atoms with Gasteiger partial charge in [0.2, 0.25) is 11.8 Å². The van der Waals surface area contributed by atoms with Gasteiger partial charge in [0.25, 0.3) is 0 Å². The first-order valence-electron chi connectivity index (χ1n) is 10.4. The average Bonchev–Trinajstić information content (AvgIpc) is 2.95. The summed E-state index contributed by atoms with van der Waals surface area (Å²) in [5.41, 5.74) is 3.27. The molecule has 2 fully saturated rings. The summed E-state index contributed by atoms with van der Waals surface area (Å²) in [6, 6.07) is 15.9. The van der Waals surface area contributed by atoms with Gasteiger partial charge in [0.15, 0.2) is 0 Å². The Bertz CT molecular complexity index is 879. The minimum absolute atomic E-state index is 0.0382. The van der Waals surface area contributed by atoms with Crippen LogP contribution in [0.4, 0.5) is 5.69 Å². The molecule has 0 saturated carbocycles. The third-order valence-corrected chi connectivity index (χ3v) is 6.40. The van der Waals surface area contributed by atoms with Crippen LogP contribution in [0.15, 0.2) is 48.5 Å². The Morgan fingerprint density at radius 2 is 1.72 bits per heavy atom. The molecule has 2 atom stereocenters. The Morgan fingerprint density at radius 3 is 2.45 bits per heavy atom. The fourth-order valence-corrected chi connectivity index (χ4v) is 4.58. The smallest absolute Gasteiger partial charge is 0.228 e. The van der Waals surface area contributed by atoms with Crippen molar-refractivity contribution in [1.29, 1.82) is 0 Å². The van der Waals surface area contributed by atoms with Crippen molar-refractivity contribution in [2.24, 2.45) is 5.92 Å². The molecule has 0 spiro atoms. The molecule has 0 aliphatic carbocycles. The number of carbonyl (C=O) groups excluding carboxylic acids is 2. The Hall–Kier alpha value is -2.33. The Kier molecular flexibility index (Phi) is 5.91. The molecule has 2 saturated heterocycles. The lowest BCUT2D eigenvalue weighted by Crippen LogP contribution is -2.39. The lowest BCUT2D eigenvalue weighted by molar-refractivity contribution is -0.135. The second kappa shape index (κ2) is 8.58. The van der Waals surface area contributed by atoms with Gasteiger partial charge < -0.3 is 9.80 Å². The van der Waals surface area contributed by atoms with Gasteiger partial charge in [-0.3, -0.25) is 9.59 Å². The van der Waals surface area contributed by atoms with Gasteiger partial charge in [-0.05, 0) is 49.6 Å². The zero-order valence-corrected chi connectivity index (χ0v) is 17.6. The van der Waals surface area contributed by atoms with E-state index in [-0.39, 0.29) is 17.7 Å². The maximum absolute atomic E-state index is 13.3. The standard InChI is InChI=1S/C24H27ClN2O2/c1-17-5-11-22(12-6-17)27-16-20(14-23(27)28)24(29)26-13-3-2-4-19(15-26)18-7-9-21(25)10-8-18/h5-12,19-20H,2-4,13-16H2,1H3. The highest BCUT2D eigenvalue weighted by Crippen LogP contribution is 2.31. The normalized spacial score (nSPS) is 22.6. The van der Waals surface area contributed by atoms with Gasteiger partial charge in [0, 0.05) is 42.7 Å². The number of carbonyl (C=O) groups is 2. The zero-order valence-electron chi connectivity index (χ0n) is 16.8. The van der Waals surface area contributed by atoms with E-state index in [4.69, 9.17) is 11.6 Å². The lowest BCUT2D eigenvalue weighted by Gasteiger charge is -2.27. The number of likely N-dealkylation sites (tertiary alicyclic amines) is 1. The molecule has 0 radical (unpaired) electrons. The second-order valence-electron chi connectivity index (χ2n) is 8.27. The molecule has 2 heterocycles. The number of amides is 2. The fourth-order valence-electron chi connectivity index (χ4n) is 4.45. The number of halogens is 1. The van der Waals surface area contributed by atoms with E-state index in [0.29, 0.717) is 18.9 Å². The van der Waals surface area contributed by atoms with Crippen molar-refractivity contribution in [3.63, 3.8) is 0 Å². The first kappa shape index (κ1) is 20.0. The van der Waals surface area contributed by atoms with E-state index in [1.165, 1.54) is 5.56 Å². The molecule has 2 aromatic carbocycles. The molecule has 5 heteroatoms. The minimum Gasteiger partial charge on any atom is -0.342 e. The summed E-state index contributed by atoms with van der Waals surface area (Å²) >= 11 is 6.03.